The maximum absolute atomic E-state index is 8.78. The number of hydrogen-bond donors (Lipinski definition) is 2. The Balaban J connectivity index is 2.19. The van der Waals surface area contributed by atoms with Crippen LogP contribution in [0, 0.1) is 5.92 Å². The Morgan fingerprint density at radius 3 is 2.85 bits per heavy atom. The third-order valence-corrected chi connectivity index (χ3v) is 3.02. The summed E-state index contributed by atoms with van der Waals surface area (Å²) in [6, 6.07) is 1.17. The molecule has 1 saturated carbocycles. The maximum atomic E-state index is 8.78. The molecule has 2 heteroatoms. The molecular weight excluding hydrogens is 162 g/mol. The van der Waals surface area contributed by atoms with Crippen molar-refractivity contribution in [2.24, 2.45) is 5.92 Å². The Morgan fingerprint density at radius 2 is 2.23 bits per heavy atom. The van der Waals surface area contributed by atoms with E-state index >= 15 is 0 Å². The topological polar surface area (TPSA) is 32.3 Å². The second-order valence-corrected chi connectivity index (χ2v) is 4.55. The number of hydrogen-bond acceptors (Lipinski definition) is 2. The molecule has 0 bridgehead atoms. The zero-order valence-electron chi connectivity index (χ0n) is 8.92. The van der Waals surface area contributed by atoms with Gasteiger partial charge in [-0.05, 0) is 32.1 Å². The summed E-state index contributed by atoms with van der Waals surface area (Å²) < 4.78 is 0. The van der Waals surface area contributed by atoms with Crippen LogP contribution in [0.25, 0.3) is 0 Å². The van der Waals surface area contributed by atoms with E-state index in [0.29, 0.717) is 18.7 Å². The molecule has 0 aromatic carbocycles. The Labute approximate surface area is 81.7 Å². The minimum atomic E-state index is 0.302. The molecular formula is C11H23NO. The van der Waals surface area contributed by atoms with Crippen molar-refractivity contribution in [2.45, 2.75) is 58.0 Å². The largest absolute Gasteiger partial charge is 0.396 e. The van der Waals surface area contributed by atoms with E-state index < -0.39 is 0 Å². The fraction of sp³-hybridized carbons (Fsp3) is 1.00. The first-order valence-electron chi connectivity index (χ1n) is 5.59. The summed E-state index contributed by atoms with van der Waals surface area (Å²) in [5, 5.41) is 12.4. The molecule has 0 saturated heterocycles. The van der Waals surface area contributed by atoms with Crippen LogP contribution in [0.3, 0.4) is 0 Å². The van der Waals surface area contributed by atoms with Crippen molar-refractivity contribution in [3.05, 3.63) is 0 Å². The molecule has 0 aliphatic heterocycles. The summed E-state index contributed by atoms with van der Waals surface area (Å²) in [4.78, 5) is 0. The van der Waals surface area contributed by atoms with Crippen LogP contribution in [0.4, 0.5) is 0 Å². The highest BCUT2D eigenvalue weighted by Gasteiger charge is 2.19. The Hall–Kier alpha value is -0.0800. The van der Waals surface area contributed by atoms with Gasteiger partial charge in [-0.3, -0.25) is 0 Å². The lowest BCUT2D eigenvalue weighted by atomic mass is 9.87. The van der Waals surface area contributed by atoms with Crippen LogP contribution in [0.5, 0.6) is 0 Å². The highest BCUT2D eigenvalue weighted by molar-refractivity contribution is 4.78. The maximum Gasteiger partial charge on any atom is 0.0445 e. The standard InChI is InChI=1S/C11H23NO/c1-9-4-3-5-11(8-9)12-10(2)6-7-13/h9-13H,3-8H2,1-2H3/t9?,10-,11?/m1/s1. The highest BCUT2D eigenvalue weighted by Crippen LogP contribution is 2.23. The van der Waals surface area contributed by atoms with E-state index in [9.17, 15) is 0 Å². The zero-order valence-corrected chi connectivity index (χ0v) is 8.92. The fourth-order valence-electron chi connectivity index (χ4n) is 2.26. The van der Waals surface area contributed by atoms with Crippen LogP contribution in [0.1, 0.15) is 46.0 Å². The van der Waals surface area contributed by atoms with Gasteiger partial charge in [-0.2, -0.15) is 0 Å². The molecule has 1 rings (SSSR count). The molecule has 78 valence electrons. The molecule has 1 aliphatic rings. The molecule has 0 aromatic rings. The predicted molar refractivity (Wildman–Crippen MR) is 55.7 cm³/mol. The predicted octanol–water partition coefficient (Wildman–Crippen LogP) is 1.93. The highest BCUT2D eigenvalue weighted by atomic mass is 16.3. The quantitative estimate of drug-likeness (QED) is 0.701. The molecule has 3 atom stereocenters. The molecule has 2 unspecified atom stereocenters. The first kappa shape index (κ1) is 11.0. The van der Waals surface area contributed by atoms with Gasteiger partial charge in [-0.1, -0.05) is 19.8 Å². The average Bonchev–Trinajstić information content (AvgIpc) is 2.04. The van der Waals surface area contributed by atoms with Crippen molar-refractivity contribution in [3.63, 3.8) is 0 Å². The van der Waals surface area contributed by atoms with Gasteiger partial charge in [0.1, 0.15) is 0 Å². The number of nitrogens with one attached hydrogen (secondary N) is 1. The van der Waals surface area contributed by atoms with Crippen LogP contribution < -0.4 is 5.32 Å². The van der Waals surface area contributed by atoms with E-state index in [-0.39, 0.29) is 0 Å². The van der Waals surface area contributed by atoms with Crippen LogP contribution in [-0.4, -0.2) is 23.8 Å². The van der Waals surface area contributed by atoms with Gasteiger partial charge in [0.2, 0.25) is 0 Å². The lowest BCUT2D eigenvalue weighted by Crippen LogP contribution is -2.39. The van der Waals surface area contributed by atoms with Crippen molar-refractivity contribution in [2.75, 3.05) is 6.61 Å². The van der Waals surface area contributed by atoms with Crippen molar-refractivity contribution in [1.82, 2.24) is 5.32 Å². The summed E-state index contributed by atoms with van der Waals surface area (Å²) in [5.41, 5.74) is 0. The minimum Gasteiger partial charge on any atom is -0.396 e. The van der Waals surface area contributed by atoms with Crippen LogP contribution >= 0.6 is 0 Å². The second kappa shape index (κ2) is 5.61. The van der Waals surface area contributed by atoms with Crippen molar-refractivity contribution in [3.8, 4) is 0 Å². The second-order valence-electron chi connectivity index (χ2n) is 4.55. The van der Waals surface area contributed by atoms with E-state index in [4.69, 9.17) is 5.11 Å². The monoisotopic (exact) mass is 185 g/mol. The normalized spacial score (nSPS) is 31.6. The molecule has 2 N–H and O–H groups in total. The lowest BCUT2D eigenvalue weighted by Gasteiger charge is -2.30. The Bertz CT molecular complexity index is 138. The Morgan fingerprint density at radius 1 is 1.46 bits per heavy atom. The van der Waals surface area contributed by atoms with Gasteiger partial charge < -0.3 is 10.4 Å². The Kier molecular flexibility index (Phi) is 4.74. The molecule has 2 nitrogen and oxygen atoms in total. The molecule has 0 radical (unpaired) electrons. The van der Waals surface area contributed by atoms with Gasteiger partial charge in [0.05, 0.1) is 0 Å². The molecule has 13 heavy (non-hydrogen) atoms. The first-order valence-corrected chi connectivity index (χ1v) is 5.59. The van der Waals surface area contributed by atoms with E-state index in [1.807, 2.05) is 0 Å². The van der Waals surface area contributed by atoms with Crippen molar-refractivity contribution >= 4 is 0 Å². The first-order chi connectivity index (χ1) is 6.22. The number of aliphatic hydroxyl groups excluding tert-OH is 1. The number of aliphatic hydroxyl groups is 1. The summed E-state index contributed by atoms with van der Waals surface area (Å²) in [7, 11) is 0. The molecule has 0 aromatic heterocycles. The van der Waals surface area contributed by atoms with Gasteiger partial charge in [0.25, 0.3) is 0 Å². The van der Waals surface area contributed by atoms with Crippen LogP contribution in [0.2, 0.25) is 0 Å². The molecule has 1 aliphatic carbocycles. The average molecular weight is 185 g/mol. The van der Waals surface area contributed by atoms with Crippen molar-refractivity contribution in [1.29, 1.82) is 0 Å². The molecule has 0 heterocycles. The van der Waals surface area contributed by atoms with Gasteiger partial charge in [0, 0.05) is 18.7 Å². The minimum absolute atomic E-state index is 0.302. The van der Waals surface area contributed by atoms with Crippen LogP contribution in [-0.2, 0) is 0 Å². The van der Waals surface area contributed by atoms with E-state index in [2.05, 4.69) is 19.2 Å². The van der Waals surface area contributed by atoms with E-state index in [1.54, 1.807) is 0 Å². The fourth-order valence-corrected chi connectivity index (χ4v) is 2.26. The summed E-state index contributed by atoms with van der Waals surface area (Å²) in [6.45, 7) is 4.80. The summed E-state index contributed by atoms with van der Waals surface area (Å²) in [6.07, 6.45) is 6.28. The smallest absolute Gasteiger partial charge is 0.0445 e. The van der Waals surface area contributed by atoms with Crippen LogP contribution in [0.15, 0.2) is 0 Å². The summed E-state index contributed by atoms with van der Waals surface area (Å²) >= 11 is 0. The van der Waals surface area contributed by atoms with Gasteiger partial charge in [-0.15, -0.1) is 0 Å². The zero-order chi connectivity index (χ0) is 9.68. The van der Waals surface area contributed by atoms with E-state index in [1.165, 1.54) is 25.7 Å². The third kappa shape index (κ3) is 4.10. The molecule has 0 spiro atoms. The number of rotatable bonds is 4. The van der Waals surface area contributed by atoms with Gasteiger partial charge >= 0.3 is 0 Å². The van der Waals surface area contributed by atoms with E-state index in [0.717, 1.165) is 12.3 Å². The van der Waals surface area contributed by atoms with Crippen molar-refractivity contribution < 1.29 is 5.11 Å². The molecule has 0 amide bonds. The lowest BCUT2D eigenvalue weighted by molar-refractivity contribution is 0.240. The third-order valence-electron chi connectivity index (χ3n) is 3.02. The summed E-state index contributed by atoms with van der Waals surface area (Å²) in [5.74, 6) is 0.882. The van der Waals surface area contributed by atoms with Gasteiger partial charge in [-0.25, -0.2) is 0 Å². The van der Waals surface area contributed by atoms with Gasteiger partial charge in [0.15, 0.2) is 0 Å². The molecule has 1 fully saturated rings. The SMILES string of the molecule is CC1CCCC(N[C@H](C)CCO)C1.